The summed E-state index contributed by atoms with van der Waals surface area (Å²) in [6, 6.07) is 2.74. The first-order valence-electron chi connectivity index (χ1n) is 7.73. The molecule has 1 aromatic heterocycles. The summed E-state index contributed by atoms with van der Waals surface area (Å²) in [6.07, 6.45) is 9.27. The molecule has 1 heterocycles. The van der Waals surface area contributed by atoms with Gasteiger partial charge in [0.05, 0.1) is 12.5 Å². The van der Waals surface area contributed by atoms with Gasteiger partial charge < -0.3 is 15.5 Å². The van der Waals surface area contributed by atoms with Crippen LogP contribution in [-0.4, -0.2) is 12.6 Å². The first kappa shape index (κ1) is 16.3. The molecule has 3 nitrogen and oxygen atoms in total. The zero-order valence-electron chi connectivity index (χ0n) is 12.7. The highest BCUT2D eigenvalue weighted by Gasteiger charge is 2.21. The van der Waals surface area contributed by atoms with Crippen molar-refractivity contribution in [1.82, 2.24) is 5.32 Å². The number of hydrogen-bond donors (Lipinski definition) is 2. The largest absolute Gasteiger partial charge is 0.472 e. The summed E-state index contributed by atoms with van der Waals surface area (Å²) in [6.45, 7) is 7.68. The summed E-state index contributed by atoms with van der Waals surface area (Å²) in [5.74, 6) is 0.573. The van der Waals surface area contributed by atoms with Crippen LogP contribution in [0.4, 0.5) is 0 Å². The molecular weight excluding hydrogens is 236 g/mol. The van der Waals surface area contributed by atoms with Crippen molar-refractivity contribution < 1.29 is 4.42 Å². The number of rotatable bonds is 10. The van der Waals surface area contributed by atoms with Crippen LogP contribution in [0.25, 0.3) is 0 Å². The first-order valence-corrected chi connectivity index (χ1v) is 7.73. The second kappa shape index (κ2) is 9.16. The summed E-state index contributed by atoms with van der Waals surface area (Å²) in [5.41, 5.74) is 7.56. The Morgan fingerprint density at radius 2 is 2.05 bits per heavy atom. The van der Waals surface area contributed by atoms with E-state index in [0.717, 1.165) is 38.6 Å². The van der Waals surface area contributed by atoms with Gasteiger partial charge >= 0.3 is 0 Å². The molecule has 0 aliphatic heterocycles. The SMILES string of the molecule is CCCNC(CC(CC)C(N)CCC)c1ccoc1. The van der Waals surface area contributed by atoms with Crippen molar-refractivity contribution in [3.8, 4) is 0 Å². The standard InChI is InChI=1S/C16H30N2O/c1-4-7-15(17)13(6-3)11-16(18-9-5-2)14-8-10-19-12-14/h8,10,12-13,15-16,18H,4-7,9,11,17H2,1-3H3. The highest BCUT2D eigenvalue weighted by atomic mass is 16.3. The average molecular weight is 266 g/mol. The zero-order valence-corrected chi connectivity index (χ0v) is 12.7. The van der Waals surface area contributed by atoms with Gasteiger partial charge in [-0.05, 0) is 37.8 Å². The molecule has 0 aliphatic rings. The van der Waals surface area contributed by atoms with E-state index >= 15 is 0 Å². The summed E-state index contributed by atoms with van der Waals surface area (Å²) in [4.78, 5) is 0. The molecule has 1 rings (SSSR count). The van der Waals surface area contributed by atoms with Crippen LogP contribution in [0.15, 0.2) is 23.0 Å². The maximum Gasteiger partial charge on any atom is 0.0950 e. The Morgan fingerprint density at radius 3 is 2.58 bits per heavy atom. The molecule has 0 saturated heterocycles. The fraction of sp³-hybridized carbons (Fsp3) is 0.750. The van der Waals surface area contributed by atoms with Crippen molar-refractivity contribution in [1.29, 1.82) is 0 Å². The van der Waals surface area contributed by atoms with Gasteiger partial charge in [0.1, 0.15) is 0 Å². The lowest BCUT2D eigenvalue weighted by Crippen LogP contribution is -2.33. The summed E-state index contributed by atoms with van der Waals surface area (Å²) >= 11 is 0. The van der Waals surface area contributed by atoms with Gasteiger partial charge in [-0.15, -0.1) is 0 Å². The third-order valence-electron chi connectivity index (χ3n) is 3.88. The van der Waals surface area contributed by atoms with Gasteiger partial charge in [0.25, 0.3) is 0 Å². The maximum atomic E-state index is 6.32. The van der Waals surface area contributed by atoms with Gasteiger partial charge in [0.15, 0.2) is 0 Å². The molecule has 0 spiro atoms. The van der Waals surface area contributed by atoms with E-state index in [-0.39, 0.29) is 0 Å². The molecule has 3 atom stereocenters. The maximum absolute atomic E-state index is 6.32. The van der Waals surface area contributed by atoms with Crippen LogP contribution in [-0.2, 0) is 0 Å². The van der Waals surface area contributed by atoms with E-state index in [9.17, 15) is 0 Å². The minimum absolute atomic E-state index is 0.313. The normalized spacial score (nSPS) is 16.2. The number of furan rings is 1. The Morgan fingerprint density at radius 1 is 1.26 bits per heavy atom. The lowest BCUT2D eigenvalue weighted by atomic mass is 9.86. The summed E-state index contributed by atoms with van der Waals surface area (Å²) in [7, 11) is 0. The number of nitrogens with one attached hydrogen (secondary N) is 1. The first-order chi connectivity index (χ1) is 9.22. The van der Waals surface area contributed by atoms with Gasteiger partial charge in [0.2, 0.25) is 0 Å². The molecule has 0 amide bonds. The smallest absolute Gasteiger partial charge is 0.0950 e. The Hall–Kier alpha value is -0.800. The second-order valence-electron chi connectivity index (χ2n) is 5.42. The molecule has 0 bridgehead atoms. The third-order valence-corrected chi connectivity index (χ3v) is 3.88. The molecule has 0 aromatic carbocycles. The Kier molecular flexibility index (Phi) is 7.84. The van der Waals surface area contributed by atoms with E-state index < -0.39 is 0 Å². The molecule has 0 saturated carbocycles. The van der Waals surface area contributed by atoms with Crippen molar-refractivity contribution in [3.05, 3.63) is 24.2 Å². The molecule has 19 heavy (non-hydrogen) atoms. The van der Waals surface area contributed by atoms with Crippen LogP contribution >= 0.6 is 0 Å². The monoisotopic (exact) mass is 266 g/mol. The van der Waals surface area contributed by atoms with Crippen molar-refractivity contribution >= 4 is 0 Å². The number of nitrogens with two attached hydrogens (primary N) is 1. The minimum atomic E-state index is 0.313. The van der Waals surface area contributed by atoms with Gasteiger partial charge in [-0.2, -0.15) is 0 Å². The molecule has 0 fully saturated rings. The molecular formula is C16H30N2O. The Bertz CT molecular complexity index is 311. The van der Waals surface area contributed by atoms with Crippen LogP contribution in [0.2, 0.25) is 0 Å². The minimum Gasteiger partial charge on any atom is -0.472 e. The third kappa shape index (κ3) is 5.37. The molecule has 3 N–H and O–H groups in total. The highest BCUT2D eigenvalue weighted by molar-refractivity contribution is 5.11. The van der Waals surface area contributed by atoms with Crippen LogP contribution in [0, 0.1) is 5.92 Å². The Labute approximate surface area is 117 Å². The fourth-order valence-electron chi connectivity index (χ4n) is 2.65. The molecule has 0 radical (unpaired) electrons. The van der Waals surface area contributed by atoms with Crippen LogP contribution in [0.3, 0.4) is 0 Å². The molecule has 3 unspecified atom stereocenters. The van der Waals surface area contributed by atoms with Gasteiger partial charge in [-0.3, -0.25) is 0 Å². The van der Waals surface area contributed by atoms with Crippen molar-refractivity contribution in [2.75, 3.05) is 6.54 Å². The Balaban J connectivity index is 2.64. The molecule has 1 aromatic rings. The predicted octanol–water partition coefficient (Wildman–Crippen LogP) is 3.86. The lowest BCUT2D eigenvalue weighted by Gasteiger charge is -2.27. The van der Waals surface area contributed by atoms with Gasteiger partial charge in [0, 0.05) is 17.6 Å². The van der Waals surface area contributed by atoms with Gasteiger partial charge in [-0.25, -0.2) is 0 Å². The van der Waals surface area contributed by atoms with Crippen molar-refractivity contribution in [2.45, 2.75) is 65.0 Å². The van der Waals surface area contributed by atoms with Crippen LogP contribution in [0.5, 0.6) is 0 Å². The summed E-state index contributed by atoms with van der Waals surface area (Å²) in [5, 5.41) is 3.62. The highest BCUT2D eigenvalue weighted by Crippen LogP contribution is 2.26. The van der Waals surface area contributed by atoms with Gasteiger partial charge in [-0.1, -0.05) is 33.6 Å². The summed E-state index contributed by atoms with van der Waals surface area (Å²) < 4.78 is 5.23. The second-order valence-corrected chi connectivity index (χ2v) is 5.42. The lowest BCUT2D eigenvalue weighted by molar-refractivity contribution is 0.315. The topological polar surface area (TPSA) is 51.2 Å². The van der Waals surface area contributed by atoms with E-state index in [1.807, 2.05) is 6.26 Å². The van der Waals surface area contributed by atoms with E-state index in [2.05, 4.69) is 32.2 Å². The predicted molar refractivity (Wildman–Crippen MR) is 81.0 cm³/mol. The van der Waals surface area contributed by atoms with E-state index in [1.165, 1.54) is 5.56 Å². The molecule has 0 aliphatic carbocycles. The zero-order chi connectivity index (χ0) is 14.1. The van der Waals surface area contributed by atoms with Crippen molar-refractivity contribution in [2.24, 2.45) is 11.7 Å². The van der Waals surface area contributed by atoms with E-state index in [0.29, 0.717) is 18.0 Å². The molecule has 110 valence electrons. The fourth-order valence-corrected chi connectivity index (χ4v) is 2.65. The van der Waals surface area contributed by atoms with E-state index in [4.69, 9.17) is 10.2 Å². The van der Waals surface area contributed by atoms with Crippen LogP contribution in [0.1, 0.15) is 64.5 Å². The van der Waals surface area contributed by atoms with Crippen LogP contribution < -0.4 is 11.1 Å². The van der Waals surface area contributed by atoms with E-state index in [1.54, 1.807) is 6.26 Å². The average Bonchev–Trinajstić information content (AvgIpc) is 2.93. The van der Waals surface area contributed by atoms with Crippen molar-refractivity contribution in [3.63, 3.8) is 0 Å². The number of hydrogen-bond acceptors (Lipinski definition) is 3. The molecule has 3 heteroatoms. The quantitative estimate of drug-likeness (QED) is 0.676.